The van der Waals surface area contributed by atoms with Gasteiger partial charge in [-0.3, -0.25) is 0 Å². The van der Waals surface area contributed by atoms with Crippen LogP contribution in [0.3, 0.4) is 0 Å². The number of phenolic OH excluding ortho intramolecular Hbond substituents is 1. The Bertz CT molecular complexity index is 292. The summed E-state index contributed by atoms with van der Waals surface area (Å²) < 4.78 is -0.572. The van der Waals surface area contributed by atoms with Crippen LogP contribution in [0.15, 0.2) is 24.3 Å². The molecule has 0 aliphatic heterocycles. The Morgan fingerprint density at radius 3 is 2.17 bits per heavy atom. The molecule has 0 unspecified atom stereocenters. The lowest BCUT2D eigenvalue weighted by Gasteiger charge is -1.99. The summed E-state index contributed by atoms with van der Waals surface area (Å²) in [4.78, 5) is 0. The second-order valence-corrected chi connectivity index (χ2v) is 4.65. The van der Waals surface area contributed by atoms with Crippen molar-refractivity contribution in [2.24, 2.45) is 0 Å². The van der Waals surface area contributed by atoms with Gasteiger partial charge in [0.1, 0.15) is 10.1 Å². The Hall–Kier alpha value is -0.400. The first-order chi connectivity index (χ1) is 5.59. The summed E-state index contributed by atoms with van der Waals surface area (Å²) in [6.45, 7) is 0. The van der Waals surface area contributed by atoms with Gasteiger partial charge in [-0.25, -0.2) is 0 Å². The second-order valence-electron chi connectivity index (χ2n) is 3.11. The minimum Gasteiger partial charge on any atom is -0.508 e. The maximum atomic E-state index is 9.02. The van der Waals surface area contributed by atoms with Gasteiger partial charge >= 0.3 is 0 Å². The quantitative estimate of drug-likeness (QED) is 0.695. The van der Waals surface area contributed by atoms with E-state index in [9.17, 15) is 0 Å². The van der Waals surface area contributed by atoms with E-state index in [2.05, 4.69) is 0 Å². The number of halogens is 2. The zero-order valence-electron chi connectivity index (χ0n) is 6.30. The molecule has 0 saturated heterocycles. The van der Waals surface area contributed by atoms with E-state index in [4.69, 9.17) is 28.3 Å². The zero-order valence-corrected chi connectivity index (χ0v) is 7.81. The van der Waals surface area contributed by atoms with E-state index in [1.165, 1.54) is 0 Å². The Morgan fingerprint density at radius 2 is 1.75 bits per heavy atom. The molecular weight excluding hydrogens is 195 g/mol. The van der Waals surface area contributed by atoms with Gasteiger partial charge in [-0.1, -0.05) is 12.1 Å². The molecule has 0 spiro atoms. The maximum Gasteiger partial charge on any atom is 0.125 e. The third-order valence-electron chi connectivity index (χ3n) is 2.12. The van der Waals surface area contributed by atoms with Crippen molar-refractivity contribution in [3.05, 3.63) is 29.8 Å². The van der Waals surface area contributed by atoms with Gasteiger partial charge in [0, 0.05) is 5.92 Å². The second kappa shape index (κ2) is 2.54. The van der Waals surface area contributed by atoms with Crippen LogP contribution in [0, 0.1) is 0 Å². The van der Waals surface area contributed by atoms with Crippen LogP contribution in [-0.2, 0) is 0 Å². The van der Waals surface area contributed by atoms with Gasteiger partial charge < -0.3 is 5.11 Å². The summed E-state index contributed by atoms with van der Waals surface area (Å²) in [5.74, 6) is 0.510. The SMILES string of the molecule is Oc1ccc([C@H]2CC2(Cl)Cl)cc1. The molecular formula is C9H8Cl2O. The van der Waals surface area contributed by atoms with Crippen molar-refractivity contribution in [1.29, 1.82) is 0 Å². The van der Waals surface area contributed by atoms with E-state index in [0.717, 1.165) is 12.0 Å². The number of aromatic hydroxyl groups is 1. The minimum absolute atomic E-state index is 0.237. The molecule has 0 heterocycles. The van der Waals surface area contributed by atoms with Gasteiger partial charge in [-0.05, 0) is 24.1 Å². The van der Waals surface area contributed by atoms with Crippen LogP contribution in [0.25, 0.3) is 0 Å². The normalized spacial score (nSPS) is 25.3. The molecule has 3 heteroatoms. The highest BCUT2D eigenvalue weighted by Gasteiger charge is 2.52. The van der Waals surface area contributed by atoms with Crippen LogP contribution in [0.2, 0.25) is 0 Å². The fraction of sp³-hybridized carbons (Fsp3) is 0.333. The largest absolute Gasteiger partial charge is 0.508 e. The van der Waals surface area contributed by atoms with Crippen molar-refractivity contribution in [2.75, 3.05) is 0 Å². The van der Waals surface area contributed by atoms with Crippen molar-refractivity contribution in [3.63, 3.8) is 0 Å². The van der Waals surface area contributed by atoms with E-state index in [1.54, 1.807) is 12.1 Å². The number of hydrogen-bond acceptors (Lipinski definition) is 1. The summed E-state index contributed by atoms with van der Waals surface area (Å²) >= 11 is 11.8. The molecule has 1 fully saturated rings. The summed E-state index contributed by atoms with van der Waals surface area (Å²) in [5, 5.41) is 9.02. The monoisotopic (exact) mass is 202 g/mol. The highest BCUT2D eigenvalue weighted by atomic mass is 35.5. The van der Waals surface area contributed by atoms with Crippen LogP contribution in [0.1, 0.15) is 17.9 Å². The summed E-state index contributed by atoms with van der Waals surface area (Å²) in [7, 11) is 0. The molecule has 1 aliphatic carbocycles. The standard InChI is InChI=1S/C9H8Cl2O/c10-9(11)5-8(9)6-1-3-7(12)4-2-6/h1-4,8,12H,5H2/t8-/m1/s1. The van der Waals surface area contributed by atoms with Crippen LogP contribution in [0.5, 0.6) is 5.75 Å². The molecule has 12 heavy (non-hydrogen) atoms. The lowest BCUT2D eigenvalue weighted by atomic mass is 10.1. The third kappa shape index (κ3) is 1.39. The van der Waals surface area contributed by atoms with Gasteiger partial charge in [0.2, 0.25) is 0 Å². The molecule has 0 radical (unpaired) electrons. The van der Waals surface area contributed by atoms with Crippen molar-refractivity contribution in [2.45, 2.75) is 16.7 Å². The molecule has 1 aliphatic rings. The first-order valence-corrected chi connectivity index (χ1v) is 4.52. The van der Waals surface area contributed by atoms with E-state index < -0.39 is 4.33 Å². The topological polar surface area (TPSA) is 20.2 Å². The Labute approximate surface area is 80.9 Å². The summed E-state index contributed by atoms with van der Waals surface area (Å²) in [6.07, 6.45) is 0.806. The zero-order chi connectivity index (χ0) is 8.77. The number of phenols is 1. The lowest BCUT2D eigenvalue weighted by molar-refractivity contribution is 0.475. The number of alkyl halides is 2. The highest BCUT2D eigenvalue weighted by molar-refractivity contribution is 6.51. The lowest BCUT2D eigenvalue weighted by Crippen LogP contribution is -1.88. The molecule has 2 rings (SSSR count). The van der Waals surface area contributed by atoms with E-state index in [1.807, 2.05) is 12.1 Å². The van der Waals surface area contributed by atoms with Gasteiger partial charge in [-0.15, -0.1) is 23.2 Å². The molecule has 1 aromatic carbocycles. The van der Waals surface area contributed by atoms with Crippen LogP contribution in [0.4, 0.5) is 0 Å². The maximum absolute atomic E-state index is 9.02. The Morgan fingerprint density at radius 1 is 1.25 bits per heavy atom. The summed E-state index contributed by atoms with van der Waals surface area (Å²) in [6, 6.07) is 7.01. The van der Waals surface area contributed by atoms with Crippen LogP contribution >= 0.6 is 23.2 Å². The van der Waals surface area contributed by atoms with E-state index in [-0.39, 0.29) is 11.7 Å². The van der Waals surface area contributed by atoms with Gasteiger partial charge in [0.25, 0.3) is 0 Å². The van der Waals surface area contributed by atoms with Gasteiger partial charge in [0.15, 0.2) is 0 Å². The van der Waals surface area contributed by atoms with Crippen molar-refractivity contribution < 1.29 is 5.11 Å². The van der Waals surface area contributed by atoms with Crippen LogP contribution in [-0.4, -0.2) is 9.44 Å². The van der Waals surface area contributed by atoms with Crippen LogP contribution < -0.4 is 0 Å². The molecule has 64 valence electrons. The van der Waals surface area contributed by atoms with Gasteiger partial charge in [-0.2, -0.15) is 0 Å². The molecule has 0 bridgehead atoms. The van der Waals surface area contributed by atoms with Crippen molar-refractivity contribution in [3.8, 4) is 5.75 Å². The highest BCUT2D eigenvalue weighted by Crippen LogP contribution is 2.59. The fourth-order valence-corrected chi connectivity index (χ4v) is 1.84. The van der Waals surface area contributed by atoms with Gasteiger partial charge in [0.05, 0.1) is 0 Å². The number of rotatable bonds is 1. The fourth-order valence-electron chi connectivity index (χ4n) is 1.28. The first kappa shape index (κ1) is 8.21. The molecule has 1 nitrogen and oxygen atoms in total. The first-order valence-electron chi connectivity index (χ1n) is 3.76. The Balaban J connectivity index is 2.21. The number of benzene rings is 1. The smallest absolute Gasteiger partial charge is 0.125 e. The van der Waals surface area contributed by atoms with Crippen molar-refractivity contribution in [1.82, 2.24) is 0 Å². The van der Waals surface area contributed by atoms with E-state index >= 15 is 0 Å². The average Bonchev–Trinajstić information content (AvgIpc) is 2.61. The summed E-state index contributed by atoms with van der Waals surface area (Å²) in [5.41, 5.74) is 1.10. The average molecular weight is 203 g/mol. The number of hydrogen-bond donors (Lipinski definition) is 1. The molecule has 1 atom stereocenters. The minimum atomic E-state index is -0.572. The molecule has 0 amide bonds. The predicted octanol–water partition coefficient (Wildman–Crippen LogP) is 3.05. The van der Waals surface area contributed by atoms with Crippen molar-refractivity contribution >= 4 is 23.2 Å². The molecule has 0 aromatic heterocycles. The molecule has 1 saturated carbocycles. The molecule has 1 aromatic rings. The molecule has 1 N–H and O–H groups in total. The van der Waals surface area contributed by atoms with E-state index in [0.29, 0.717) is 0 Å². The third-order valence-corrected chi connectivity index (χ3v) is 2.96. The predicted molar refractivity (Wildman–Crippen MR) is 49.9 cm³/mol. The Kier molecular flexibility index (Phi) is 1.74.